The molecule has 3 aromatic rings. The Labute approximate surface area is 188 Å². The third-order valence-electron chi connectivity index (χ3n) is 6.96. The zero-order chi connectivity index (χ0) is 20.2. The van der Waals surface area contributed by atoms with Gasteiger partial charge in [0, 0.05) is 18.0 Å². The van der Waals surface area contributed by atoms with Gasteiger partial charge in [-0.1, -0.05) is 0 Å². The molecule has 164 valence electrons. The first kappa shape index (κ1) is 20.7. The molecule has 2 atom stereocenters. The number of fused-ring (bicyclic) bond motifs is 3. The molecule has 7 nitrogen and oxygen atoms in total. The molecule has 0 spiro atoms. The van der Waals surface area contributed by atoms with Crippen molar-refractivity contribution in [3.05, 3.63) is 41.3 Å². The number of halogens is 1. The fraction of sp³-hybridized carbons (Fsp3) is 0.522. The van der Waals surface area contributed by atoms with Crippen molar-refractivity contribution in [3.63, 3.8) is 0 Å². The highest BCUT2D eigenvalue weighted by atomic mass is 35.5. The Kier molecular flexibility index (Phi) is 5.36. The van der Waals surface area contributed by atoms with E-state index in [4.69, 9.17) is 19.8 Å². The van der Waals surface area contributed by atoms with Gasteiger partial charge in [0.15, 0.2) is 5.82 Å². The molecule has 2 bridgehead atoms. The number of rotatable bonds is 3. The summed E-state index contributed by atoms with van der Waals surface area (Å²) in [5.41, 5.74) is 3.94. The van der Waals surface area contributed by atoms with Crippen LogP contribution in [0.25, 0.3) is 16.7 Å². The molecule has 31 heavy (non-hydrogen) atoms. The highest BCUT2D eigenvalue weighted by Crippen LogP contribution is 2.34. The molecule has 3 saturated heterocycles. The van der Waals surface area contributed by atoms with Crippen LogP contribution in [0.2, 0.25) is 0 Å². The largest absolute Gasteiger partial charge is 0.374 e. The van der Waals surface area contributed by atoms with Crippen molar-refractivity contribution in [2.45, 2.75) is 51.2 Å². The maximum atomic E-state index is 5.77. The third-order valence-corrected chi connectivity index (χ3v) is 6.96. The van der Waals surface area contributed by atoms with Crippen molar-refractivity contribution < 1.29 is 4.74 Å². The second-order valence-electron chi connectivity index (χ2n) is 8.98. The maximum Gasteiger partial charge on any atom is 0.159 e. The van der Waals surface area contributed by atoms with Gasteiger partial charge in [0.05, 0.1) is 30.5 Å². The number of nitrogens with one attached hydrogen (secondary N) is 1. The van der Waals surface area contributed by atoms with Crippen molar-refractivity contribution in [2.75, 3.05) is 31.1 Å². The van der Waals surface area contributed by atoms with Gasteiger partial charge < -0.3 is 15.0 Å². The highest BCUT2D eigenvalue weighted by Gasteiger charge is 2.39. The topological polar surface area (TPSA) is 68.1 Å². The number of aryl methyl sites for hydroxylation is 2. The van der Waals surface area contributed by atoms with E-state index in [1.54, 1.807) is 0 Å². The predicted molar refractivity (Wildman–Crippen MR) is 124 cm³/mol. The van der Waals surface area contributed by atoms with Crippen LogP contribution >= 0.6 is 12.4 Å². The van der Waals surface area contributed by atoms with E-state index < -0.39 is 0 Å². The zero-order valence-corrected chi connectivity index (χ0v) is 18.9. The number of morpholine rings is 1. The lowest BCUT2D eigenvalue weighted by molar-refractivity contribution is 0.0988. The Morgan fingerprint density at radius 1 is 1.06 bits per heavy atom. The summed E-state index contributed by atoms with van der Waals surface area (Å²) in [6.07, 6.45) is 5.78. The van der Waals surface area contributed by atoms with Gasteiger partial charge in [0.25, 0.3) is 0 Å². The zero-order valence-electron chi connectivity index (χ0n) is 18.0. The molecule has 0 radical (unpaired) electrons. The van der Waals surface area contributed by atoms with E-state index in [1.807, 2.05) is 17.8 Å². The van der Waals surface area contributed by atoms with Gasteiger partial charge in [-0.3, -0.25) is 0 Å². The summed E-state index contributed by atoms with van der Waals surface area (Å²) in [6, 6.07) is 7.14. The smallest absolute Gasteiger partial charge is 0.159 e. The van der Waals surface area contributed by atoms with Gasteiger partial charge in [0.2, 0.25) is 0 Å². The Hall–Kier alpha value is -2.22. The molecule has 0 aliphatic carbocycles. The molecule has 3 aliphatic rings. The molecule has 0 unspecified atom stereocenters. The molecule has 0 amide bonds. The Balaban J connectivity index is 0.00000204. The van der Waals surface area contributed by atoms with Gasteiger partial charge in [0.1, 0.15) is 11.6 Å². The second kappa shape index (κ2) is 8.04. The van der Waals surface area contributed by atoms with E-state index in [-0.39, 0.29) is 12.4 Å². The third kappa shape index (κ3) is 3.58. The lowest BCUT2D eigenvalue weighted by atomic mass is 9.87. The quantitative estimate of drug-likeness (QED) is 0.674. The van der Waals surface area contributed by atoms with Crippen molar-refractivity contribution in [1.82, 2.24) is 25.1 Å². The molecule has 0 saturated carbocycles. The first-order chi connectivity index (χ1) is 14.7. The molecule has 1 aromatic carbocycles. The van der Waals surface area contributed by atoms with E-state index in [0.29, 0.717) is 18.1 Å². The standard InChI is InChI=1S/C23H28N6O.ClH/c1-14-7-17-11-25-29(21(17)9-20(14)16-3-5-24-6-4-16)23-10-22(26-15(2)27-23)28-12-19-8-18(28)13-30-19;/h7,9-11,16,18-19,24H,3-6,8,12-13H2,1-2H3;1H/t18-,19-;/m0./s1. The fourth-order valence-corrected chi connectivity index (χ4v) is 5.43. The first-order valence-electron chi connectivity index (χ1n) is 11.1. The van der Waals surface area contributed by atoms with Crippen LogP contribution in [-0.2, 0) is 4.74 Å². The van der Waals surface area contributed by atoms with Gasteiger partial charge in [-0.05, 0) is 75.4 Å². The number of anilines is 1. The van der Waals surface area contributed by atoms with Crippen LogP contribution < -0.4 is 10.2 Å². The van der Waals surface area contributed by atoms with Crippen molar-refractivity contribution >= 4 is 29.1 Å². The van der Waals surface area contributed by atoms with Crippen LogP contribution in [0.4, 0.5) is 5.82 Å². The summed E-state index contributed by atoms with van der Waals surface area (Å²) < 4.78 is 7.76. The van der Waals surface area contributed by atoms with Crippen LogP contribution in [0.1, 0.15) is 42.1 Å². The predicted octanol–water partition coefficient (Wildman–Crippen LogP) is 3.30. The number of hydrogen-bond acceptors (Lipinski definition) is 6. The molecular weight excluding hydrogens is 412 g/mol. The van der Waals surface area contributed by atoms with E-state index in [9.17, 15) is 0 Å². The summed E-state index contributed by atoms with van der Waals surface area (Å²) >= 11 is 0. The van der Waals surface area contributed by atoms with Crippen LogP contribution in [-0.4, -0.2) is 58.1 Å². The van der Waals surface area contributed by atoms with Crippen LogP contribution in [0.15, 0.2) is 24.4 Å². The molecule has 5 heterocycles. The molecule has 2 aromatic heterocycles. The lowest BCUT2D eigenvalue weighted by Gasteiger charge is -2.28. The monoisotopic (exact) mass is 440 g/mol. The number of piperidine rings is 1. The summed E-state index contributed by atoms with van der Waals surface area (Å²) in [4.78, 5) is 11.9. The van der Waals surface area contributed by atoms with Crippen molar-refractivity contribution in [1.29, 1.82) is 0 Å². The van der Waals surface area contributed by atoms with Gasteiger partial charge in [-0.25, -0.2) is 14.6 Å². The Morgan fingerprint density at radius 2 is 1.87 bits per heavy atom. The molecular formula is C23H29ClN6O. The second-order valence-corrected chi connectivity index (χ2v) is 8.98. The normalized spacial score (nSPS) is 23.5. The van der Waals surface area contributed by atoms with Crippen LogP contribution in [0.5, 0.6) is 0 Å². The minimum absolute atomic E-state index is 0. The summed E-state index contributed by atoms with van der Waals surface area (Å²) in [5, 5.41) is 9.36. The lowest BCUT2D eigenvalue weighted by Crippen LogP contribution is -2.37. The number of nitrogens with zero attached hydrogens (tertiary/aromatic N) is 5. The minimum Gasteiger partial charge on any atom is -0.374 e. The number of aromatic nitrogens is 4. The van der Waals surface area contributed by atoms with E-state index in [0.717, 1.165) is 61.0 Å². The SMILES string of the molecule is Cc1nc(N2C[C@@H]3C[C@H]2CO3)cc(-n2ncc3cc(C)c(C4CCNCC4)cc32)n1.Cl. The fourth-order valence-electron chi connectivity index (χ4n) is 5.43. The number of benzene rings is 1. The van der Waals surface area contributed by atoms with Crippen LogP contribution in [0, 0.1) is 13.8 Å². The van der Waals surface area contributed by atoms with E-state index in [1.165, 1.54) is 24.0 Å². The highest BCUT2D eigenvalue weighted by molar-refractivity contribution is 5.85. The van der Waals surface area contributed by atoms with Crippen molar-refractivity contribution in [3.8, 4) is 5.82 Å². The number of hydrogen-bond donors (Lipinski definition) is 1. The molecule has 6 rings (SSSR count). The maximum absolute atomic E-state index is 5.77. The Morgan fingerprint density at radius 3 is 2.61 bits per heavy atom. The summed E-state index contributed by atoms with van der Waals surface area (Å²) in [5.74, 6) is 3.22. The average Bonchev–Trinajstić information content (AvgIpc) is 3.49. The van der Waals surface area contributed by atoms with Gasteiger partial charge >= 0.3 is 0 Å². The summed E-state index contributed by atoms with van der Waals surface area (Å²) in [7, 11) is 0. The van der Waals surface area contributed by atoms with Crippen LogP contribution in [0.3, 0.4) is 0 Å². The van der Waals surface area contributed by atoms with Crippen molar-refractivity contribution in [2.24, 2.45) is 0 Å². The van der Waals surface area contributed by atoms with E-state index in [2.05, 4.69) is 35.3 Å². The molecule has 8 heteroatoms. The first-order valence-corrected chi connectivity index (χ1v) is 11.1. The minimum atomic E-state index is 0. The average molecular weight is 441 g/mol. The van der Waals surface area contributed by atoms with Gasteiger partial charge in [-0.15, -0.1) is 12.4 Å². The van der Waals surface area contributed by atoms with E-state index >= 15 is 0 Å². The Bertz CT molecular complexity index is 1110. The number of ether oxygens (including phenoxy) is 1. The molecule has 3 fully saturated rings. The summed E-state index contributed by atoms with van der Waals surface area (Å²) in [6.45, 7) is 8.10. The molecule has 3 aliphatic heterocycles. The molecule has 1 N–H and O–H groups in total. The van der Waals surface area contributed by atoms with Gasteiger partial charge in [-0.2, -0.15) is 5.10 Å².